The van der Waals surface area contributed by atoms with Crippen molar-refractivity contribution < 1.29 is 18.4 Å². The number of halogens is 3. The van der Waals surface area contributed by atoms with Gasteiger partial charge in [-0.1, -0.05) is 64.8 Å². The third kappa shape index (κ3) is 6.23. The average molecular weight is 629 g/mol. The zero-order valence-electron chi connectivity index (χ0n) is 20.7. The molecule has 1 aliphatic rings. The number of hydrogen-bond acceptors (Lipinski definition) is 6. The molecule has 5 rings (SSSR count). The lowest BCUT2D eigenvalue weighted by Crippen LogP contribution is -2.30. The molecule has 0 saturated carbocycles. The van der Waals surface area contributed by atoms with E-state index in [4.69, 9.17) is 0 Å². The van der Waals surface area contributed by atoms with Gasteiger partial charge in [-0.25, -0.2) is 13.8 Å². The zero-order valence-corrected chi connectivity index (χ0v) is 23.9. The smallest absolute Gasteiger partial charge is 0.273 e. The number of hydrogen-bond donors (Lipinski definition) is 1. The SMILES string of the molecule is O=C1c2ccccc2C(=O)N1CCCCCC(F)(F)c1ccccc1-c1csc(NSc2cccc(Br)c2)n1. The van der Waals surface area contributed by atoms with Crippen molar-refractivity contribution in [1.29, 1.82) is 0 Å². The van der Waals surface area contributed by atoms with Gasteiger partial charge in [-0.05, 0) is 55.1 Å². The largest absolute Gasteiger partial charge is 0.302 e. The van der Waals surface area contributed by atoms with E-state index in [-0.39, 0.29) is 36.8 Å². The van der Waals surface area contributed by atoms with Gasteiger partial charge in [0.25, 0.3) is 17.7 Å². The molecule has 1 aromatic heterocycles. The minimum Gasteiger partial charge on any atom is -0.302 e. The highest BCUT2D eigenvalue weighted by atomic mass is 79.9. The summed E-state index contributed by atoms with van der Waals surface area (Å²) < 4.78 is 34.9. The first-order valence-corrected chi connectivity index (χ1v) is 14.9. The Balaban J connectivity index is 1.17. The Bertz CT molecular complexity index is 1480. The van der Waals surface area contributed by atoms with Crippen molar-refractivity contribution in [3.63, 3.8) is 0 Å². The molecule has 1 N–H and O–H groups in total. The Hall–Kier alpha value is -3.08. The van der Waals surface area contributed by atoms with E-state index in [0.717, 1.165) is 9.37 Å². The number of alkyl halides is 2. The Kier molecular flexibility index (Phi) is 8.44. The van der Waals surface area contributed by atoms with Gasteiger partial charge < -0.3 is 4.72 Å². The van der Waals surface area contributed by atoms with E-state index in [1.165, 1.54) is 34.3 Å². The first kappa shape index (κ1) is 27.5. The normalized spacial score (nSPS) is 13.2. The predicted octanol–water partition coefficient (Wildman–Crippen LogP) is 8.64. The molecule has 0 saturated heterocycles. The third-order valence-electron chi connectivity index (χ3n) is 6.40. The lowest BCUT2D eigenvalue weighted by atomic mass is 9.96. The Labute approximate surface area is 241 Å². The minimum atomic E-state index is -3.05. The predicted molar refractivity (Wildman–Crippen MR) is 155 cm³/mol. The van der Waals surface area contributed by atoms with E-state index in [1.54, 1.807) is 47.8 Å². The second-order valence-electron chi connectivity index (χ2n) is 9.07. The van der Waals surface area contributed by atoms with Crippen molar-refractivity contribution in [2.45, 2.75) is 36.5 Å². The van der Waals surface area contributed by atoms with Crippen LogP contribution >= 0.6 is 39.2 Å². The summed E-state index contributed by atoms with van der Waals surface area (Å²) in [4.78, 5) is 31.7. The van der Waals surface area contributed by atoms with Crippen molar-refractivity contribution in [1.82, 2.24) is 9.88 Å². The maximum atomic E-state index is 15.4. The van der Waals surface area contributed by atoms with Crippen LogP contribution < -0.4 is 4.72 Å². The van der Waals surface area contributed by atoms with Crippen LogP contribution in [0.2, 0.25) is 0 Å². The zero-order chi connectivity index (χ0) is 27.4. The van der Waals surface area contributed by atoms with Crippen LogP contribution in [0.15, 0.2) is 87.5 Å². The Morgan fingerprint density at radius 3 is 2.31 bits per heavy atom. The molecule has 0 spiro atoms. The molecule has 0 radical (unpaired) electrons. The first-order valence-electron chi connectivity index (χ1n) is 12.4. The number of carbonyl (C=O) groups excluding carboxylic acids is 2. The van der Waals surface area contributed by atoms with E-state index < -0.39 is 5.92 Å². The van der Waals surface area contributed by atoms with E-state index in [9.17, 15) is 9.59 Å². The molecular weight excluding hydrogens is 604 g/mol. The molecule has 0 unspecified atom stereocenters. The molecule has 5 nitrogen and oxygen atoms in total. The van der Waals surface area contributed by atoms with Crippen molar-refractivity contribution in [2.75, 3.05) is 11.3 Å². The van der Waals surface area contributed by atoms with Gasteiger partial charge in [-0.3, -0.25) is 14.5 Å². The first-order chi connectivity index (χ1) is 18.8. The number of anilines is 1. The molecule has 2 heterocycles. The van der Waals surface area contributed by atoms with Gasteiger partial charge in [0.15, 0.2) is 5.13 Å². The molecular formula is C29H24BrF2N3O2S2. The number of thiazole rings is 1. The molecule has 2 amide bonds. The van der Waals surface area contributed by atoms with Gasteiger partial charge in [0.2, 0.25) is 0 Å². The summed E-state index contributed by atoms with van der Waals surface area (Å²) in [6, 6.07) is 21.0. The summed E-state index contributed by atoms with van der Waals surface area (Å²) in [6.07, 6.45) is 0.875. The maximum Gasteiger partial charge on any atom is 0.273 e. The van der Waals surface area contributed by atoms with Crippen LogP contribution in [0.25, 0.3) is 11.3 Å². The number of aromatic nitrogens is 1. The number of rotatable bonds is 11. The van der Waals surface area contributed by atoms with Gasteiger partial charge in [-0.2, -0.15) is 0 Å². The van der Waals surface area contributed by atoms with Crippen LogP contribution in [0.1, 0.15) is 52.0 Å². The lowest BCUT2D eigenvalue weighted by molar-refractivity contribution is -0.0153. The molecule has 4 aromatic rings. The van der Waals surface area contributed by atoms with Gasteiger partial charge in [0.05, 0.1) is 16.8 Å². The number of carbonyl (C=O) groups is 2. The summed E-state index contributed by atoms with van der Waals surface area (Å²) in [5.41, 5.74) is 1.65. The molecule has 0 bridgehead atoms. The van der Waals surface area contributed by atoms with Crippen LogP contribution in [0, 0.1) is 0 Å². The molecule has 1 aliphatic heterocycles. The fourth-order valence-corrected chi connectivity index (χ4v) is 6.48. The summed E-state index contributed by atoms with van der Waals surface area (Å²) >= 11 is 6.21. The number of nitrogens with one attached hydrogen (secondary N) is 1. The van der Waals surface area contributed by atoms with E-state index in [0.29, 0.717) is 40.4 Å². The fourth-order valence-electron chi connectivity index (χ4n) is 4.47. The van der Waals surface area contributed by atoms with Gasteiger partial charge in [0, 0.05) is 38.8 Å². The molecule has 10 heteroatoms. The van der Waals surface area contributed by atoms with Gasteiger partial charge >= 0.3 is 0 Å². The number of nitrogens with zero attached hydrogens (tertiary/aromatic N) is 2. The summed E-state index contributed by atoms with van der Waals surface area (Å²) in [5.74, 6) is -3.68. The van der Waals surface area contributed by atoms with Crippen molar-refractivity contribution in [3.8, 4) is 11.3 Å². The molecule has 39 heavy (non-hydrogen) atoms. The van der Waals surface area contributed by atoms with E-state index in [1.807, 2.05) is 24.3 Å². The molecule has 3 aromatic carbocycles. The topological polar surface area (TPSA) is 62.3 Å². The highest BCUT2D eigenvalue weighted by Crippen LogP contribution is 2.40. The number of benzene rings is 3. The van der Waals surface area contributed by atoms with E-state index >= 15 is 8.78 Å². The van der Waals surface area contributed by atoms with Crippen molar-refractivity contribution in [2.24, 2.45) is 0 Å². The van der Waals surface area contributed by atoms with Crippen molar-refractivity contribution in [3.05, 3.63) is 99.3 Å². The maximum absolute atomic E-state index is 15.4. The number of imide groups is 1. The van der Waals surface area contributed by atoms with Gasteiger partial charge in [0.1, 0.15) is 0 Å². The van der Waals surface area contributed by atoms with Crippen LogP contribution in [0.4, 0.5) is 13.9 Å². The van der Waals surface area contributed by atoms with Crippen LogP contribution in [-0.4, -0.2) is 28.2 Å². The van der Waals surface area contributed by atoms with Crippen LogP contribution in [-0.2, 0) is 5.92 Å². The standard InChI is InChI=1S/C29H24BrF2N3O2S2/c30-19-9-8-10-20(17-19)39-34-28-33-25(18-38-28)23-13-4-5-14-24(23)29(31,32)15-6-1-7-16-35-26(36)21-11-2-3-12-22(21)27(35)37/h2-5,8-14,17-18H,1,6-7,15-16H2,(H,33,34). The second-order valence-corrected chi connectivity index (χ2v) is 11.7. The highest BCUT2D eigenvalue weighted by molar-refractivity contribution is 9.10. The highest BCUT2D eigenvalue weighted by Gasteiger charge is 2.35. The number of fused-ring (bicyclic) bond motifs is 1. The number of amides is 2. The third-order valence-corrected chi connectivity index (χ3v) is 8.57. The van der Waals surface area contributed by atoms with Gasteiger partial charge in [-0.15, -0.1) is 11.3 Å². The van der Waals surface area contributed by atoms with Crippen LogP contribution in [0.5, 0.6) is 0 Å². The fraction of sp³-hybridized carbons (Fsp3) is 0.207. The van der Waals surface area contributed by atoms with Crippen molar-refractivity contribution >= 4 is 56.2 Å². The molecule has 0 aliphatic carbocycles. The summed E-state index contributed by atoms with van der Waals surface area (Å²) in [7, 11) is 0. The summed E-state index contributed by atoms with van der Waals surface area (Å²) in [6.45, 7) is 0.223. The summed E-state index contributed by atoms with van der Waals surface area (Å²) in [5, 5.41) is 2.40. The average Bonchev–Trinajstić information content (AvgIpc) is 3.51. The monoisotopic (exact) mass is 627 g/mol. The number of unbranched alkanes of at least 4 members (excludes halogenated alkanes) is 2. The molecule has 200 valence electrons. The molecule has 0 fully saturated rings. The van der Waals surface area contributed by atoms with E-state index in [2.05, 4.69) is 25.6 Å². The minimum absolute atomic E-state index is 0.0539. The van der Waals surface area contributed by atoms with Crippen LogP contribution in [0.3, 0.4) is 0 Å². The quantitative estimate of drug-likeness (QED) is 0.102. The Morgan fingerprint density at radius 1 is 0.897 bits per heavy atom. The second kappa shape index (κ2) is 12.0. The lowest BCUT2D eigenvalue weighted by Gasteiger charge is -2.20. The molecule has 0 atom stereocenters. The Morgan fingerprint density at radius 2 is 1.59 bits per heavy atom.